The third-order valence-electron chi connectivity index (χ3n) is 4.43. The van der Waals surface area contributed by atoms with Crippen LogP contribution in [0.25, 0.3) is 0 Å². The molecule has 25 heavy (non-hydrogen) atoms. The minimum atomic E-state index is -3.56. The molecule has 3 rings (SSSR count). The van der Waals surface area contributed by atoms with Crippen LogP contribution in [-0.2, 0) is 16.4 Å². The van der Waals surface area contributed by atoms with Crippen molar-refractivity contribution < 1.29 is 13.2 Å². The number of ketones is 1. The van der Waals surface area contributed by atoms with Gasteiger partial charge < -0.3 is 5.10 Å². The van der Waals surface area contributed by atoms with Crippen molar-refractivity contribution in [3.05, 3.63) is 50.9 Å². The van der Waals surface area contributed by atoms with Gasteiger partial charge in [0.1, 0.15) is 5.56 Å². The van der Waals surface area contributed by atoms with Gasteiger partial charge in [0, 0.05) is 18.3 Å². The smallest absolute Gasteiger partial charge is 0.277 e. The zero-order chi connectivity index (χ0) is 18.5. The van der Waals surface area contributed by atoms with Crippen molar-refractivity contribution in [2.24, 2.45) is 0 Å². The molecule has 2 unspecified atom stereocenters. The molecule has 1 aliphatic heterocycles. The van der Waals surface area contributed by atoms with Crippen LogP contribution in [-0.4, -0.2) is 35.1 Å². The first-order valence-corrected chi connectivity index (χ1v) is 10.2. The molecule has 2 aromatic rings. The van der Waals surface area contributed by atoms with E-state index in [4.69, 9.17) is 23.2 Å². The van der Waals surface area contributed by atoms with E-state index in [0.29, 0.717) is 17.7 Å². The second kappa shape index (κ2) is 6.30. The van der Waals surface area contributed by atoms with Crippen LogP contribution in [0, 0.1) is 6.92 Å². The molecule has 1 N–H and O–H groups in total. The molecule has 2 atom stereocenters. The third kappa shape index (κ3) is 2.84. The van der Waals surface area contributed by atoms with Crippen LogP contribution < -0.4 is 5.56 Å². The van der Waals surface area contributed by atoms with Crippen LogP contribution in [0.5, 0.6) is 0 Å². The van der Waals surface area contributed by atoms with Gasteiger partial charge in [-0.1, -0.05) is 0 Å². The fourth-order valence-corrected chi connectivity index (χ4v) is 5.93. The number of H-pyrrole nitrogens is 1. The van der Waals surface area contributed by atoms with Gasteiger partial charge in [0.05, 0.1) is 21.4 Å². The molecule has 0 amide bonds. The van der Waals surface area contributed by atoms with Crippen molar-refractivity contribution in [2.45, 2.75) is 36.0 Å². The Morgan fingerprint density at radius 2 is 2.00 bits per heavy atom. The Hall–Kier alpha value is -1.57. The van der Waals surface area contributed by atoms with Gasteiger partial charge in [-0.3, -0.25) is 14.3 Å². The van der Waals surface area contributed by atoms with E-state index in [2.05, 4.69) is 5.10 Å². The maximum absolute atomic E-state index is 12.8. The summed E-state index contributed by atoms with van der Waals surface area (Å²) < 4.78 is 26.0. The van der Waals surface area contributed by atoms with Crippen LogP contribution >= 0.6 is 23.2 Å². The van der Waals surface area contributed by atoms with Crippen molar-refractivity contribution in [3.63, 3.8) is 0 Å². The van der Waals surface area contributed by atoms with E-state index >= 15 is 0 Å². The predicted molar refractivity (Wildman–Crippen MR) is 95.6 cm³/mol. The van der Waals surface area contributed by atoms with Crippen molar-refractivity contribution in [3.8, 4) is 0 Å². The number of carbonyl (C=O) groups excluding carboxylic acids is 1. The average molecular weight is 403 g/mol. The molecule has 0 saturated carbocycles. The third-order valence-corrected chi connectivity index (χ3v) is 7.49. The monoisotopic (exact) mass is 402 g/mol. The summed E-state index contributed by atoms with van der Waals surface area (Å²) in [5.74, 6) is -0.728. The normalized spacial score (nSPS) is 21.8. The second-order valence-electron chi connectivity index (χ2n) is 5.91. The SMILES string of the molecule is CCn1[nH]cc(C(=O)c2ccc3c(c2C)C(Cl)C(Cl)CS3(=O)=O)c1=O. The number of alkyl halides is 2. The van der Waals surface area contributed by atoms with Crippen molar-refractivity contribution in [1.29, 1.82) is 0 Å². The lowest BCUT2D eigenvalue weighted by atomic mass is 9.94. The molecular formula is C16H16Cl2N2O4S. The summed E-state index contributed by atoms with van der Waals surface area (Å²) >= 11 is 12.4. The molecule has 9 heteroatoms. The number of carbonyl (C=O) groups is 1. The van der Waals surface area contributed by atoms with Gasteiger partial charge in [0.25, 0.3) is 5.56 Å². The van der Waals surface area contributed by atoms with E-state index in [9.17, 15) is 18.0 Å². The first-order valence-electron chi connectivity index (χ1n) is 7.66. The zero-order valence-corrected chi connectivity index (χ0v) is 15.9. The molecule has 2 heterocycles. The number of halogens is 2. The minimum Gasteiger partial charge on any atom is -0.302 e. The molecule has 1 aromatic heterocycles. The molecule has 0 bridgehead atoms. The van der Waals surface area contributed by atoms with Gasteiger partial charge in [-0.25, -0.2) is 8.42 Å². The van der Waals surface area contributed by atoms with Crippen LogP contribution in [0.1, 0.15) is 39.3 Å². The highest BCUT2D eigenvalue weighted by Gasteiger charge is 2.38. The standard InChI is InChI=1S/C16H16Cl2N2O4S/c1-3-20-16(22)10(6-19-20)15(21)9-4-5-12-13(8(9)2)14(18)11(17)7-25(12,23)24/h4-6,11,14,19H,3,7H2,1-2H3. The van der Waals surface area contributed by atoms with Gasteiger partial charge in [-0.05, 0) is 37.1 Å². The first-order chi connectivity index (χ1) is 11.7. The van der Waals surface area contributed by atoms with Gasteiger partial charge >= 0.3 is 0 Å². The van der Waals surface area contributed by atoms with E-state index in [-0.39, 0.29) is 21.8 Å². The molecular weight excluding hydrogens is 387 g/mol. The molecule has 0 saturated heterocycles. The van der Waals surface area contributed by atoms with Crippen molar-refractivity contribution >= 4 is 38.8 Å². The fourth-order valence-electron chi connectivity index (χ4n) is 3.08. The molecule has 0 radical (unpaired) electrons. The number of aryl methyl sites for hydroxylation is 1. The summed E-state index contributed by atoms with van der Waals surface area (Å²) in [5, 5.41) is 1.21. The molecule has 1 aromatic carbocycles. The second-order valence-corrected chi connectivity index (χ2v) is 8.95. The Balaban J connectivity index is 2.19. The molecule has 0 aliphatic carbocycles. The first kappa shape index (κ1) is 18.2. The number of rotatable bonds is 3. The number of hydrogen-bond acceptors (Lipinski definition) is 4. The number of fused-ring (bicyclic) bond motifs is 1. The number of aromatic amines is 1. The van der Waals surface area contributed by atoms with Crippen LogP contribution in [0.2, 0.25) is 0 Å². The molecule has 134 valence electrons. The highest BCUT2D eigenvalue weighted by Crippen LogP contribution is 2.42. The van der Waals surface area contributed by atoms with Gasteiger partial charge in [0.2, 0.25) is 0 Å². The van der Waals surface area contributed by atoms with Gasteiger partial charge in [0.15, 0.2) is 15.6 Å². The van der Waals surface area contributed by atoms with Crippen molar-refractivity contribution in [1.82, 2.24) is 9.78 Å². The maximum Gasteiger partial charge on any atom is 0.277 e. The summed E-state index contributed by atoms with van der Waals surface area (Å²) in [5.41, 5.74) is 0.585. The van der Waals surface area contributed by atoms with Crippen LogP contribution in [0.4, 0.5) is 0 Å². The number of nitrogens with one attached hydrogen (secondary N) is 1. The number of nitrogens with zero attached hydrogens (tertiary/aromatic N) is 1. The summed E-state index contributed by atoms with van der Waals surface area (Å²) in [6.07, 6.45) is 1.35. The molecule has 6 nitrogen and oxygen atoms in total. The summed E-state index contributed by atoms with van der Waals surface area (Å²) in [6, 6.07) is 2.79. The molecule has 0 spiro atoms. The minimum absolute atomic E-state index is 0.00267. The van der Waals surface area contributed by atoms with E-state index in [0.717, 1.165) is 0 Å². The van der Waals surface area contributed by atoms with Gasteiger partial charge in [-0.15, -0.1) is 23.2 Å². The Bertz CT molecular complexity index is 1020. The Morgan fingerprint density at radius 3 is 2.60 bits per heavy atom. The summed E-state index contributed by atoms with van der Waals surface area (Å²) in [4.78, 5) is 25.1. The van der Waals surface area contributed by atoms with E-state index in [1.54, 1.807) is 13.8 Å². The van der Waals surface area contributed by atoms with Crippen LogP contribution in [0.15, 0.2) is 28.0 Å². The lowest BCUT2D eigenvalue weighted by molar-refractivity contribution is 0.103. The summed E-state index contributed by atoms with van der Waals surface area (Å²) in [6.45, 7) is 3.81. The Labute approximate surface area is 154 Å². The van der Waals surface area contributed by atoms with Crippen molar-refractivity contribution in [2.75, 3.05) is 5.75 Å². The number of benzene rings is 1. The number of aromatic nitrogens is 2. The Kier molecular flexibility index (Phi) is 4.59. The molecule has 0 fully saturated rings. The lowest BCUT2D eigenvalue weighted by Gasteiger charge is -2.27. The fraction of sp³-hybridized carbons (Fsp3) is 0.375. The number of sulfone groups is 1. The average Bonchev–Trinajstić information content (AvgIpc) is 2.92. The zero-order valence-electron chi connectivity index (χ0n) is 13.5. The van der Waals surface area contributed by atoms with E-state index < -0.39 is 31.9 Å². The largest absolute Gasteiger partial charge is 0.302 e. The molecule has 1 aliphatic rings. The predicted octanol–water partition coefficient (Wildman–Crippen LogP) is 2.41. The van der Waals surface area contributed by atoms with E-state index in [1.165, 1.54) is 23.0 Å². The van der Waals surface area contributed by atoms with Gasteiger partial charge in [-0.2, -0.15) is 0 Å². The summed E-state index contributed by atoms with van der Waals surface area (Å²) in [7, 11) is -3.56. The van der Waals surface area contributed by atoms with Crippen LogP contribution in [0.3, 0.4) is 0 Å². The Morgan fingerprint density at radius 1 is 1.32 bits per heavy atom. The number of hydrogen-bond donors (Lipinski definition) is 1. The maximum atomic E-state index is 12.8. The highest BCUT2D eigenvalue weighted by molar-refractivity contribution is 7.91. The quantitative estimate of drug-likeness (QED) is 0.630. The highest BCUT2D eigenvalue weighted by atomic mass is 35.5. The lowest BCUT2D eigenvalue weighted by Crippen LogP contribution is -2.29. The topological polar surface area (TPSA) is 89.0 Å². The van der Waals surface area contributed by atoms with E-state index in [1.807, 2.05) is 0 Å².